The number of likely N-dealkylation sites (tertiary alicyclic amines) is 1. The average molecular weight is 342 g/mol. The van der Waals surface area contributed by atoms with Gasteiger partial charge in [-0.15, -0.1) is 0 Å². The fourth-order valence-corrected chi connectivity index (χ4v) is 3.26. The fourth-order valence-electron chi connectivity index (χ4n) is 3.26. The Morgan fingerprint density at radius 1 is 1.36 bits per heavy atom. The molecule has 1 aromatic heterocycles. The molecule has 0 unspecified atom stereocenters. The SMILES string of the molecule is CCc1noc(CN(C)C(=O)[C@@H]2CC(=O)N(C)[C@@H]2c2ccccc2)n1. The molecule has 2 atom stereocenters. The van der Waals surface area contributed by atoms with Crippen molar-refractivity contribution in [2.24, 2.45) is 5.92 Å². The van der Waals surface area contributed by atoms with Crippen molar-refractivity contribution in [2.45, 2.75) is 32.4 Å². The molecule has 3 rings (SSSR count). The predicted molar refractivity (Wildman–Crippen MR) is 90.2 cm³/mol. The van der Waals surface area contributed by atoms with Crippen LogP contribution in [0.25, 0.3) is 0 Å². The number of aryl methyl sites for hydroxylation is 1. The highest BCUT2D eigenvalue weighted by Gasteiger charge is 2.43. The predicted octanol–water partition coefficient (Wildman–Crippen LogP) is 1.81. The first-order valence-electron chi connectivity index (χ1n) is 8.38. The van der Waals surface area contributed by atoms with E-state index in [2.05, 4.69) is 10.1 Å². The second kappa shape index (κ2) is 7.04. The van der Waals surface area contributed by atoms with E-state index in [1.165, 1.54) is 0 Å². The van der Waals surface area contributed by atoms with Crippen LogP contribution in [0.1, 0.15) is 36.7 Å². The van der Waals surface area contributed by atoms with Crippen molar-refractivity contribution in [3.05, 3.63) is 47.6 Å². The molecule has 2 heterocycles. The van der Waals surface area contributed by atoms with Crippen LogP contribution in [0.3, 0.4) is 0 Å². The smallest absolute Gasteiger partial charge is 0.246 e. The third kappa shape index (κ3) is 3.40. The highest BCUT2D eigenvalue weighted by Crippen LogP contribution is 2.37. The first kappa shape index (κ1) is 17.1. The summed E-state index contributed by atoms with van der Waals surface area (Å²) in [6, 6.07) is 9.41. The highest BCUT2D eigenvalue weighted by atomic mass is 16.5. The number of benzene rings is 1. The van der Waals surface area contributed by atoms with Crippen molar-refractivity contribution >= 4 is 11.8 Å². The summed E-state index contributed by atoms with van der Waals surface area (Å²) >= 11 is 0. The Bertz CT molecular complexity index is 759. The Morgan fingerprint density at radius 3 is 2.72 bits per heavy atom. The number of aromatic nitrogens is 2. The van der Waals surface area contributed by atoms with Crippen molar-refractivity contribution < 1.29 is 14.1 Å². The third-order valence-corrected chi connectivity index (χ3v) is 4.62. The quantitative estimate of drug-likeness (QED) is 0.828. The molecule has 2 aromatic rings. The zero-order chi connectivity index (χ0) is 18.0. The minimum Gasteiger partial charge on any atom is -0.338 e. The molecule has 1 saturated heterocycles. The largest absolute Gasteiger partial charge is 0.338 e. The van der Waals surface area contributed by atoms with Crippen molar-refractivity contribution in [1.29, 1.82) is 0 Å². The van der Waals surface area contributed by atoms with E-state index in [-0.39, 0.29) is 30.8 Å². The third-order valence-electron chi connectivity index (χ3n) is 4.62. The molecule has 7 heteroatoms. The fraction of sp³-hybridized carbons (Fsp3) is 0.444. The van der Waals surface area contributed by atoms with E-state index in [0.29, 0.717) is 18.1 Å². The molecular formula is C18H22N4O3. The maximum atomic E-state index is 13.0. The monoisotopic (exact) mass is 342 g/mol. The molecule has 0 aliphatic carbocycles. The second-order valence-corrected chi connectivity index (χ2v) is 6.32. The normalized spacial score (nSPS) is 20.1. The average Bonchev–Trinajstić information content (AvgIpc) is 3.19. The van der Waals surface area contributed by atoms with Crippen LogP contribution < -0.4 is 0 Å². The van der Waals surface area contributed by atoms with Gasteiger partial charge in [0.25, 0.3) is 0 Å². The van der Waals surface area contributed by atoms with Crippen LogP contribution >= 0.6 is 0 Å². The van der Waals surface area contributed by atoms with Crippen molar-refractivity contribution in [3.8, 4) is 0 Å². The van der Waals surface area contributed by atoms with Gasteiger partial charge in [0.2, 0.25) is 17.7 Å². The van der Waals surface area contributed by atoms with Gasteiger partial charge in [-0.1, -0.05) is 42.4 Å². The molecule has 1 aliphatic heterocycles. The molecule has 1 aliphatic rings. The molecule has 7 nitrogen and oxygen atoms in total. The molecular weight excluding hydrogens is 320 g/mol. The molecule has 0 bridgehead atoms. The zero-order valence-electron chi connectivity index (χ0n) is 14.7. The number of hydrogen-bond donors (Lipinski definition) is 0. The van der Waals surface area contributed by atoms with Gasteiger partial charge in [0.05, 0.1) is 18.5 Å². The molecule has 0 N–H and O–H groups in total. The van der Waals surface area contributed by atoms with Crippen LogP contribution in [-0.4, -0.2) is 45.9 Å². The van der Waals surface area contributed by atoms with Crippen molar-refractivity contribution in [1.82, 2.24) is 19.9 Å². The Balaban J connectivity index is 1.78. The van der Waals surface area contributed by atoms with Crippen LogP contribution in [0.2, 0.25) is 0 Å². The van der Waals surface area contributed by atoms with E-state index in [9.17, 15) is 9.59 Å². The summed E-state index contributed by atoms with van der Waals surface area (Å²) in [7, 11) is 3.45. The summed E-state index contributed by atoms with van der Waals surface area (Å²) in [5.41, 5.74) is 0.966. The number of carbonyl (C=O) groups is 2. The van der Waals surface area contributed by atoms with Crippen molar-refractivity contribution in [3.63, 3.8) is 0 Å². The molecule has 132 valence electrons. The number of rotatable bonds is 5. The Hall–Kier alpha value is -2.70. The van der Waals surface area contributed by atoms with E-state index < -0.39 is 5.92 Å². The molecule has 1 fully saturated rings. The lowest BCUT2D eigenvalue weighted by molar-refractivity contribution is -0.136. The van der Waals surface area contributed by atoms with Gasteiger partial charge in [0.15, 0.2) is 5.82 Å². The van der Waals surface area contributed by atoms with Gasteiger partial charge in [-0.05, 0) is 5.56 Å². The molecule has 0 saturated carbocycles. The van der Waals surface area contributed by atoms with Gasteiger partial charge < -0.3 is 14.3 Å². The summed E-state index contributed by atoms with van der Waals surface area (Å²) in [5.74, 6) is 0.489. The van der Waals surface area contributed by atoms with Gasteiger partial charge in [0.1, 0.15) is 0 Å². The minimum atomic E-state index is -0.418. The zero-order valence-corrected chi connectivity index (χ0v) is 14.7. The van der Waals surface area contributed by atoms with Gasteiger partial charge in [-0.3, -0.25) is 9.59 Å². The Morgan fingerprint density at radius 2 is 2.08 bits per heavy atom. The molecule has 0 radical (unpaired) electrons. The van der Waals surface area contributed by atoms with Gasteiger partial charge >= 0.3 is 0 Å². The Kier molecular flexibility index (Phi) is 4.83. The molecule has 2 amide bonds. The summed E-state index contributed by atoms with van der Waals surface area (Å²) in [6.45, 7) is 2.18. The van der Waals surface area contributed by atoms with Crippen LogP contribution in [0, 0.1) is 5.92 Å². The van der Waals surface area contributed by atoms with E-state index in [0.717, 1.165) is 5.56 Å². The van der Waals surface area contributed by atoms with Crippen LogP contribution in [0.4, 0.5) is 0 Å². The number of nitrogens with zero attached hydrogens (tertiary/aromatic N) is 4. The maximum Gasteiger partial charge on any atom is 0.246 e. The topological polar surface area (TPSA) is 79.5 Å². The molecule has 0 spiro atoms. The van der Waals surface area contributed by atoms with E-state index in [1.807, 2.05) is 37.3 Å². The minimum absolute atomic E-state index is 0.0216. The standard InChI is InChI=1S/C18H22N4O3/c1-4-14-19-15(25-20-14)11-21(2)18(24)13-10-16(23)22(3)17(13)12-8-6-5-7-9-12/h5-9,13,17H,4,10-11H2,1-3H3/t13-,17-/m1/s1. The van der Waals surface area contributed by atoms with E-state index >= 15 is 0 Å². The van der Waals surface area contributed by atoms with Gasteiger partial charge in [0, 0.05) is 26.9 Å². The lowest BCUT2D eigenvalue weighted by atomic mass is 9.92. The first-order valence-corrected chi connectivity index (χ1v) is 8.38. The highest BCUT2D eigenvalue weighted by molar-refractivity contribution is 5.90. The van der Waals surface area contributed by atoms with Crippen LogP contribution in [-0.2, 0) is 22.6 Å². The van der Waals surface area contributed by atoms with Gasteiger partial charge in [-0.2, -0.15) is 4.98 Å². The maximum absolute atomic E-state index is 13.0. The lowest BCUT2D eigenvalue weighted by Gasteiger charge is -2.27. The number of hydrogen-bond acceptors (Lipinski definition) is 5. The van der Waals surface area contributed by atoms with Crippen LogP contribution in [0.5, 0.6) is 0 Å². The van der Waals surface area contributed by atoms with E-state index in [4.69, 9.17) is 4.52 Å². The van der Waals surface area contributed by atoms with E-state index in [1.54, 1.807) is 23.9 Å². The lowest BCUT2D eigenvalue weighted by Crippen LogP contribution is -2.35. The summed E-state index contributed by atoms with van der Waals surface area (Å²) in [5, 5.41) is 3.84. The van der Waals surface area contributed by atoms with Crippen LogP contribution in [0.15, 0.2) is 34.9 Å². The number of amides is 2. The summed E-state index contributed by atoms with van der Waals surface area (Å²) in [4.78, 5) is 32.6. The van der Waals surface area contributed by atoms with Crippen molar-refractivity contribution in [2.75, 3.05) is 14.1 Å². The summed E-state index contributed by atoms with van der Waals surface area (Å²) < 4.78 is 5.16. The molecule has 1 aromatic carbocycles. The molecule has 25 heavy (non-hydrogen) atoms. The first-order chi connectivity index (χ1) is 12.0. The number of carbonyl (C=O) groups excluding carboxylic acids is 2. The Labute approximate surface area is 146 Å². The second-order valence-electron chi connectivity index (χ2n) is 6.32. The van der Waals surface area contributed by atoms with Gasteiger partial charge in [-0.25, -0.2) is 0 Å². The summed E-state index contributed by atoms with van der Waals surface area (Å²) in [6.07, 6.45) is 0.891.